The van der Waals surface area contributed by atoms with Crippen LogP contribution in [0.15, 0.2) is 18.3 Å². The van der Waals surface area contributed by atoms with Gasteiger partial charge in [-0.1, -0.05) is 0 Å². The molecule has 18 heavy (non-hydrogen) atoms. The van der Waals surface area contributed by atoms with Gasteiger partial charge in [0.2, 0.25) is 0 Å². The maximum absolute atomic E-state index is 10.8. The quantitative estimate of drug-likeness (QED) is 0.767. The molecule has 4 nitrogen and oxygen atoms in total. The number of benzene rings is 1. The highest BCUT2D eigenvalue weighted by atomic mass is 16.4. The molecule has 2 aromatic rings. The number of H-pyrrole nitrogens is 1. The molecule has 94 valence electrons. The van der Waals surface area contributed by atoms with Crippen LogP contribution in [-0.2, 0) is 24.1 Å². The van der Waals surface area contributed by atoms with E-state index < -0.39 is 12.0 Å². The number of carbonyl (C=O) groups is 1. The molecule has 1 aromatic carbocycles. The van der Waals surface area contributed by atoms with Crippen molar-refractivity contribution >= 4 is 16.9 Å². The zero-order chi connectivity index (χ0) is 12.7. The molecular formula is C14H16N2O2. The van der Waals surface area contributed by atoms with Crippen molar-refractivity contribution in [1.29, 1.82) is 0 Å². The molecule has 0 saturated carbocycles. The molecule has 0 amide bonds. The molecule has 0 radical (unpaired) electrons. The van der Waals surface area contributed by atoms with Crippen molar-refractivity contribution in [2.45, 2.75) is 31.7 Å². The topological polar surface area (TPSA) is 79.1 Å². The Morgan fingerprint density at radius 3 is 2.83 bits per heavy atom. The fraction of sp³-hybridized carbons (Fsp3) is 0.357. The largest absolute Gasteiger partial charge is 0.480 e. The molecule has 1 aliphatic rings. The summed E-state index contributed by atoms with van der Waals surface area (Å²) >= 11 is 0. The van der Waals surface area contributed by atoms with Gasteiger partial charge in [-0.3, -0.25) is 4.79 Å². The summed E-state index contributed by atoms with van der Waals surface area (Å²) in [5.74, 6) is -0.953. The molecule has 0 spiro atoms. The maximum atomic E-state index is 10.8. The first-order valence-corrected chi connectivity index (χ1v) is 6.25. The van der Waals surface area contributed by atoms with Gasteiger partial charge in [-0.05, 0) is 48.1 Å². The van der Waals surface area contributed by atoms with E-state index in [0.29, 0.717) is 6.42 Å². The fourth-order valence-corrected chi connectivity index (χ4v) is 2.74. The number of nitrogens with one attached hydrogen (secondary N) is 1. The average molecular weight is 244 g/mol. The van der Waals surface area contributed by atoms with Crippen molar-refractivity contribution in [3.8, 4) is 0 Å². The van der Waals surface area contributed by atoms with Crippen LogP contribution in [0.25, 0.3) is 10.9 Å². The first kappa shape index (κ1) is 11.3. The number of nitrogens with two attached hydrogens (primary N) is 1. The van der Waals surface area contributed by atoms with Crippen molar-refractivity contribution < 1.29 is 9.90 Å². The second kappa shape index (κ2) is 4.14. The van der Waals surface area contributed by atoms with E-state index in [0.717, 1.165) is 29.3 Å². The van der Waals surface area contributed by atoms with Crippen molar-refractivity contribution in [2.24, 2.45) is 5.73 Å². The summed E-state index contributed by atoms with van der Waals surface area (Å²) < 4.78 is 0. The molecule has 0 saturated heterocycles. The molecule has 1 heterocycles. The standard InChI is InChI=1S/C14H16N2O2/c15-12(14(17)18)5-10-7-16-13-6-9-3-1-2-8(9)4-11(10)13/h4,6-7,12,16H,1-3,5,15H2,(H,17,18). The Labute approximate surface area is 105 Å². The van der Waals surface area contributed by atoms with Crippen LogP contribution in [0.5, 0.6) is 0 Å². The zero-order valence-corrected chi connectivity index (χ0v) is 10.1. The number of aryl methyl sites for hydroxylation is 2. The second-order valence-electron chi connectivity index (χ2n) is 4.98. The number of aromatic nitrogens is 1. The molecule has 3 rings (SSSR count). The monoisotopic (exact) mass is 244 g/mol. The molecule has 1 unspecified atom stereocenters. The van der Waals surface area contributed by atoms with E-state index in [1.807, 2.05) is 6.20 Å². The van der Waals surface area contributed by atoms with Crippen LogP contribution in [0.3, 0.4) is 0 Å². The number of carboxylic acid groups (broad SMARTS) is 1. The molecule has 4 N–H and O–H groups in total. The van der Waals surface area contributed by atoms with Crippen LogP contribution < -0.4 is 5.73 Å². The highest BCUT2D eigenvalue weighted by Crippen LogP contribution is 2.29. The molecule has 1 aliphatic carbocycles. The first-order valence-electron chi connectivity index (χ1n) is 6.25. The van der Waals surface area contributed by atoms with Crippen molar-refractivity contribution in [3.63, 3.8) is 0 Å². The van der Waals surface area contributed by atoms with Crippen LogP contribution in [0.2, 0.25) is 0 Å². The number of carboxylic acids is 1. The molecular weight excluding hydrogens is 228 g/mol. The average Bonchev–Trinajstić information content (AvgIpc) is 2.93. The predicted molar refractivity (Wildman–Crippen MR) is 69.6 cm³/mol. The third kappa shape index (κ3) is 1.78. The van der Waals surface area contributed by atoms with Gasteiger partial charge in [0.25, 0.3) is 0 Å². The minimum atomic E-state index is -0.953. The van der Waals surface area contributed by atoms with E-state index in [-0.39, 0.29) is 0 Å². The smallest absolute Gasteiger partial charge is 0.320 e. The van der Waals surface area contributed by atoms with Crippen molar-refractivity contribution in [3.05, 3.63) is 35.0 Å². The molecule has 0 fully saturated rings. The summed E-state index contributed by atoms with van der Waals surface area (Å²) in [6, 6.07) is 3.54. The maximum Gasteiger partial charge on any atom is 0.320 e. The van der Waals surface area contributed by atoms with E-state index in [9.17, 15) is 4.79 Å². The van der Waals surface area contributed by atoms with Gasteiger partial charge in [-0.15, -0.1) is 0 Å². The number of rotatable bonds is 3. The van der Waals surface area contributed by atoms with Crippen LogP contribution >= 0.6 is 0 Å². The van der Waals surface area contributed by atoms with Gasteiger partial charge in [0.1, 0.15) is 6.04 Å². The molecule has 0 aliphatic heterocycles. The third-order valence-corrected chi connectivity index (χ3v) is 3.74. The number of hydrogen-bond acceptors (Lipinski definition) is 2. The number of fused-ring (bicyclic) bond motifs is 2. The Hall–Kier alpha value is -1.81. The SMILES string of the molecule is NC(Cc1c[nH]c2cc3c(cc12)CCC3)C(=O)O. The van der Waals surface area contributed by atoms with E-state index >= 15 is 0 Å². The van der Waals surface area contributed by atoms with Gasteiger partial charge in [0.15, 0.2) is 0 Å². The lowest BCUT2D eigenvalue weighted by Crippen LogP contribution is -2.32. The highest BCUT2D eigenvalue weighted by Gasteiger charge is 2.17. The van der Waals surface area contributed by atoms with Crippen molar-refractivity contribution in [1.82, 2.24) is 4.98 Å². The summed E-state index contributed by atoms with van der Waals surface area (Å²) in [7, 11) is 0. The lowest BCUT2D eigenvalue weighted by molar-refractivity contribution is -0.138. The highest BCUT2D eigenvalue weighted by molar-refractivity contribution is 5.86. The lowest BCUT2D eigenvalue weighted by Gasteiger charge is -2.06. The Kier molecular flexibility index (Phi) is 2.59. The normalized spacial score (nSPS) is 15.8. The van der Waals surface area contributed by atoms with E-state index in [2.05, 4.69) is 17.1 Å². The molecule has 4 heteroatoms. The Balaban J connectivity index is 2.01. The summed E-state index contributed by atoms with van der Waals surface area (Å²) in [6.45, 7) is 0. The predicted octanol–water partition coefficient (Wildman–Crippen LogP) is 1.61. The summed E-state index contributed by atoms with van der Waals surface area (Å²) in [5.41, 5.74) is 10.5. The Morgan fingerprint density at radius 2 is 2.11 bits per heavy atom. The van der Waals surface area contributed by atoms with Crippen LogP contribution in [0.1, 0.15) is 23.1 Å². The number of aromatic amines is 1. The summed E-state index contributed by atoms with van der Waals surface area (Å²) in [6.07, 6.45) is 5.73. The second-order valence-corrected chi connectivity index (χ2v) is 4.98. The van der Waals surface area contributed by atoms with Gasteiger partial charge >= 0.3 is 5.97 Å². The van der Waals surface area contributed by atoms with Crippen molar-refractivity contribution in [2.75, 3.05) is 0 Å². The third-order valence-electron chi connectivity index (χ3n) is 3.74. The molecule has 0 bridgehead atoms. The minimum Gasteiger partial charge on any atom is -0.480 e. The van der Waals surface area contributed by atoms with Gasteiger partial charge in [-0.25, -0.2) is 0 Å². The number of aliphatic carboxylic acids is 1. The van der Waals surface area contributed by atoms with E-state index in [1.165, 1.54) is 17.5 Å². The van der Waals surface area contributed by atoms with Crippen LogP contribution in [0.4, 0.5) is 0 Å². The van der Waals surface area contributed by atoms with E-state index in [1.54, 1.807) is 0 Å². The van der Waals surface area contributed by atoms with Crippen LogP contribution in [-0.4, -0.2) is 22.1 Å². The lowest BCUT2D eigenvalue weighted by atomic mass is 10.0. The Bertz CT molecular complexity index is 616. The van der Waals surface area contributed by atoms with Gasteiger partial charge in [0.05, 0.1) is 0 Å². The zero-order valence-electron chi connectivity index (χ0n) is 10.1. The van der Waals surface area contributed by atoms with Gasteiger partial charge < -0.3 is 15.8 Å². The van der Waals surface area contributed by atoms with Gasteiger partial charge in [0, 0.05) is 23.5 Å². The molecule has 1 atom stereocenters. The minimum absolute atomic E-state index is 0.369. The Morgan fingerprint density at radius 1 is 1.39 bits per heavy atom. The molecule has 1 aromatic heterocycles. The first-order chi connectivity index (χ1) is 8.65. The van der Waals surface area contributed by atoms with Gasteiger partial charge in [-0.2, -0.15) is 0 Å². The number of hydrogen-bond donors (Lipinski definition) is 3. The van der Waals surface area contributed by atoms with Crippen LogP contribution in [0, 0.1) is 0 Å². The summed E-state index contributed by atoms with van der Waals surface area (Å²) in [4.78, 5) is 14.0. The summed E-state index contributed by atoms with van der Waals surface area (Å²) in [5, 5.41) is 9.99. The van der Waals surface area contributed by atoms with E-state index in [4.69, 9.17) is 10.8 Å². The fourth-order valence-electron chi connectivity index (χ4n) is 2.74.